The lowest BCUT2D eigenvalue weighted by Crippen LogP contribution is -2.32. The van der Waals surface area contributed by atoms with Gasteiger partial charge in [-0.15, -0.1) is 0 Å². The number of carboxylic acids is 1. The van der Waals surface area contributed by atoms with Crippen molar-refractivity contribution in [3.63, 3.8) is 0 Å². The molecule has 0 radical (unpaired) electrons. The van der Waals surface area contributed by atoms with Crippen LogP contribution in [-0.2, 0) is 15.8 Å². The van der Waals surface area contributed by atoms with E-state index in [9.17, 15) is 22.8 Å². The molecule has 2 N–H and O–H groups in total. The minimum atomic E-state index is -4.64. The molecule has 2 rings (SSSR count). The molecule has 1 aromatic carbocycles. The van der Waals surface area contributed by atoms with Gasteiger partial charge in [-0.1, -0.05) is 11.6 Å². The molecule has 5 nitrogen and oxygen atoms in total. The Labute approximate surface area is 135 Å². The third kappa shape index (κ3) is 4.59. The van der Waals surface area contributed by atoms with Crippen LogP contribution in [0.4, 0.5) is 18.9 Å². The Morgan fingerprint density at radius 3 is 2.65 bits per heavy atom. The Hall–Kier alpha value is -1.80. The number of amides is 1. The summed E-state index contributed by atoms with van der Waals surface area (Å²) in [4.78, 5) is 24.3. The van der Waals surface area contributed by atoms with E-state index in [2.05, 4.69) is 5.32 Å². The van der Waals surface area contributed by atoms with E-state index >= 15 is 0 Å². The lowest BCUT2D eigenvalue weighted by Gasteiger charge is -2.17. The standard InChI is InChI=1S/C14H14ClF3N2O3/c15-9-1-2-11(10(5-9)14(16,17)18)19-12(21)7-20-4-3-8(6-20)13(22)23/h1-2,5,8H,3-4,6-7H2,(H,19,21)(H,22,23). The fraction of sp³-hybridized carbons (Fsp3) is 0.429. The van der Waals surface area contributed by atoms with E-state index < -0.39 is 29.5 Å². The maximum atomic E-state index is 12.9. The van der Waals surface area contributed by atoms with Crippen LogP contribution in [-0.4, -0.2) is 41.5 Å². The molecule has 1 aromatic rings. The Kier molecular flexibility index (Phi) is 5.16. The van der Waals surface area contributed by atoms with Crippen LogP contribution in [0.5, 0.6) is 0 Å². The van der Waals surface area contributed by atoms with Gasteiger partial charge >= 0.3 is 12.1 Å². The van der Waals surface area contributed by atoms with Crippen LogP contribution < -0.4 is 5.32 Å². The smallest absolute Gasteiger partial charge is 0.418 e. The van der Waals surface area contributed by atoms with Crippen molar-refractivity contribution in [2.75, 3.05) is 25.0 Å². The fourth-order valence-electron chi connectivity index (χ4n) is 2.43. The van der Waals surface area contributed by atoms with Gasteiger partial charge in [0.2, 0.25) is 5.91 Å². The molecule has 1 heterocycles. The summed E-state index contributed by atoms with van der Waals surface area (Å²) in [5.74, 6) is -2.13. The number of hydrogen-bond donors (Lipinski definition) is 2. The topological polar surface area (TPSA) is 69.6 Å². The predicted molar refractivity (Wildman–Crippen MR) is 77.3 cm³/mol. The van der Waals surface area contributed by atoms with E-state index in [-0.39, 0.29) is 23.8 Å². The maximum absolute atomic E-state index is 12.9. The van der Waals surface area contributed by atoms with Gasteiger partial charge in [-0.3, -0.25) is 14.5 Å². The van der Waals surface area contributed by atoms with E-state index in [1.165, 1.54) is 6.07 Å². The highest BCUT2D eigenvalue weighted by Gasteiger charge is 2.34. The van der Waals surface area contributed by atoms with Crippen molar-refractivity contribution in [2.24, 2.45) is 5.92 Å². The number of benzene rings is 1. The average Bonchev–Trinajstić information content (AvgIpc) is 2.88. The van der Waals surface area contributed by atoms with Crippen molar-refractivity contribution in [3.05, 3.63) is 28.8 Å². The number of nitrogens with one attached hydrogen (secondary N) is 1. The van der Waals surface area contributed by atoms with Gasteiger partial charge < -0.3 is 10.4 Å². The molecule has 0 aliphatic carbocycles. The van der Waals surface area contributed by atoms with Gasteiger partial charge in [0, 0.05) is 11.6 Å². The number of carbonyl (C=O) groups excluding carboxylic acids is 1. The summed E-state index contributed by atoms with van der Waals surface area (Å²) in [6.07, 6.45) is -4.23. The van der Waals surface area contributed by atoms with Gasteiger partial charge in [0.25, 0.3) is 0 Å². The molecule has 126 valence electrons. The molecule has 1 atom stereocenters. The molecule has 1 fully saturated rings. The molecule has 1 aliphatic rings. The number of carboxylic acid groups (broad SMARTS) is 1. The summed E-state index contributed by atoms with van der Waals surface area (Å²) in [6, 6.07) is 3.09. The lowest BCUT2D eigenvalue weighted by molar-refractivity contribution is -0.141. The Balaban J connectivity index is 2.03. The highest BCUT2D eigenvalue weighted by atomic mass is 35.5. The number of rotatable bonds is 4. The van der Waals surface area contributed by atoms with Crippen molar-refractivity contribution in [3.8, 4) is 0 Å². The molecule has 1 unspecified atom stereocenters. The third-order valence-electron chi connectivity index (χ3n) is 3.55. The molecule has 9 heteroatoms. The number of anilines is 1. The third-order valence-corrected chi connectivity index (χ3v) is 3.79. The highest BCUT2D eigenvalue weighted by molar-refractivity contribution is 6.30. The van der Waals surface area contributed by atoms with Gasteiger partial charge in [0.15, 0.2) is 0 Å². The first-order chi connectivity index (χ1) is 10.7. The minimum absolute atomic E-state index is 0.0841. The Bertz CT molecular complexity index is 622. The quantitative estimate of drug-likeness (QED) is 0.876. The monoisotopic (exact) mass is 350 g/mol. The number of likely N-dealkylation sites (tertiary alicyclic amines) is 1. The maximum Gasteiger partial charge on any atom is 0.418 e. The molecular formula is C14H14ClF3N2O3. The van der Waals surface area contributed by atoms with Gasteiger partial charge in [0.05, 0.1) is 23.7 Å². The van der Waals surface area contributed by atoms with Crippen molar-refractivity contribution in [2.45, 2.75) is 12.6 Å². The summed E-state index contributed by atoms with van der Waals surface area (Å²) >= 11 is 5.57. The fourth-order valence-corrected chi connectivity index (χ4v) is 2.60. The molecule has 0 bridgehead atoms. The van der Waals surface area contributed by atoms with Crippen molar-refractivity contribution < 1.29 is 27.9 Å². The zero-order chi connectivity index (χ0) is 17.2. The van der Waals surface area contributed by atoms with Crippen LogP contribution in [0.25, 0.3) is 0 Å². The summed E-state index contributed by atoms with van der Waals surface area (Å²) in [7, 11) is 0. The van der Waals surface area contributed by atoms with E-state index in [1.807, 2.05) is 0 Å². The van der Waals surface area contributed by atoms with Crippen LogP contribution in [0.2, 0.25) is 5.02 Å². The normalized spacial score (nSPS) is 18.9. The summed E-state index contributed by atoms with van der Waals surface area (Å²) in [5.41, 5.74) is -1.40. The summed E-state index contributed by atoms with van der Waals surface area (Å²) < 4.78 is 38.8. The van der Waals surface area contributed by atoms with Crippen LogP contribution in [0, 0.1) is 5.92 Å². The van der Waals surface area contributed by atoms with E-state index in [1.54, 1.807) is 4.90 Å². The Morgan fingerprint density at radius 1 is 1.39 bits per heavy atom. The number of alkyl halides is 3. The van der Waals surface area contributed by atoms with Crippen molar-refractivity contribution in [1.29, 1.82) is 0 Å². The average molecular weight is 351 g/mol. The SMILES string of the molecule is O=C(CN1CCC(C(=O)O)C1)Nc1ccc(Cl)cc1C(F)(F)F. The number of halogens is 4. The highest BCUT2D eigenvalue weighted by Crippen LogP contribution is 2.36. The number of nitrogens with zero attached hydrogens (tertiary/aromatic N) is 1. The van der Waals surface area contributed by atoms with E-state index in [0.717, 1.165) is 12.1 Å². The largest absolute Gasteiger partial charge is 0.481 e. The minimum Gasteiger partial charge on any atom is -0.481 e. The lowest BCUT2D eigenvalue weighted by atomic mass is 10.1. The summed E-state index contributed by atoms with van der Waals surface area (Å²) in [6.45, 7) is 0.455. The van der Waals surface area contributed by atoms with Gasteiger partial charge in [-0.2, -0.15) is 13.2 Å². The summed E-state index contributed by atoms with van der Waals surface area (Å²) in [5, 5.41) is 11.0. The molecule has 1 amide bonds. The molecule has 1 aliphatic heterocycles. The predicted octanol–water partition coefficient (Wildman–Crippen LogP) is 2.70. The second-order valence-electron chi connectivity index (χ2n) is 5.29. The van der Waals surface area contributed by atoms with E-state index in [4.69, 9.17) is 16.7 Å². The number of carbonyl (C=O) groups is 2. The first kappa shape index (κ1) is 17.6. The molecular weight excluding hydrogens is 337 g/mol. The number of aliphatic carboxylic acids is 1. The molecule has 1 saturated heterocycles. The van der Waals surface area contributed by atoms with Gasteiger partial charge in [-0.05, 0) is 31.2 Å². The zero-order valence-corrected chi connectivity index (χ0v) is 12.6. The zero-order valence-electron chi connectivity index (χ0n) is 11.9. The van der Waals surface area contributed by atoms with Crippen LogP contribution in [0.15, 0.2) is 18.2 Å². The number of hydrogen-bond acceptors (Lipinski definition) is 3. The molecule has 0 aromatic heterocycles. The van der Waals surface area contributed by atoms with Crippen LogP contribution in [0.1, 0.15) is 12.0 Å². The molecule has 0 spiro atoms. The van der Waals surface area contributed by atoms with Crippen LogP contribution in [0.3, 0.4) is 0 Å². The Morgan fingerprint density at radius 2 is 2.09 bits per heavy atom. The van der Waals surface area contributed by atoms with E-state index in [0.29, 0.717) is 13.0 Å². The van der Waals surface area contributed by atoms with Crippen LogP contribution >= 0.6 is 11.6 Å². The second-order valence-corrected chi connectivity index (χ2v) is 5.73. The molecule has 23 heavy (non-hydrogen) atoms. The second kappa shape index (κ2) is 6.76. The van der Waals surface area contributed by atoms with Crippen molar-refractivity contribution >= 4 is 29.2 Å². The van der Waals surface area contributed by atoms with Gasteiger partial charge in [-0.25, -0.2) is 0 Å². The first-order valence-electron chi connectivity index (χ1n) is 6.78. The first-order valence-corrected chi connectivity index (χ1v) is 7.16. The molecule has 0 saturated carbocycles. The van der Waals surface area contributed by atoms with Gasteiger partial charge in [0.1, 0.15) is 0 Å². The van der Waals surface area contributed by atoms with Crippen molar-refractivity contribution in [1.82, 2.24) is 4.90 Å².